The maximum Gasteiger partial charge on any atom is 0.337 e. The van der Waals surface area contributed by atoms with Gasteiger partial charge in [-0.2, -0.15) is 11.8 Å². The SMILES string of the molecule is CSCC(N)C(O)(Cc1nccc2c1C[C@@H](CCC1CC1)C2)C(=O)O. The van der Waals surface area contributed by atoms with E-state index in [4.69, 9.17) is 5.73 Å². The number of nitrogens with zero attached hydrogens (tertiary/aromatic N) is 1. The van der Waals surface area contributed by atoms with Gasteiger partial charge in [0.25, 0.3) is 0 Å². The molecule has 1 fully saturated rings. The van der Waals surface area contributed by atoms with Crippen LogP contribution in [0.15, 0.2) is 12.3 Å². The molecule has 0 spiro atoms. The zero-order chi connectivity index (χ0) is 18.0. The van der Waals surface area contributed by atoms with E-state index >= 15 is 0 Å². The van der Waals surface area contributed by atoms with E-state index in [1.54, 1.807) is 6.20 Å². The predicted molar refractivity (Wildman–Crippen MR) is 99.7 cm³/mol. The van der Waals surface area contributed by atoms with Crippen molar-refractivity contribution in [3.63, 3.8) is 0 Å². The van der Waals surface area contributed by atoms with Gasteiger partial charge in [0.05, 0.1) is 6.04 Å². The van der Waals surface area contributed by atoms with Crippen LogP contribution < -0.4 is 5.73 Å². The number of carboxylic acids is 1. The molecule has 2 unspecified atom stereocenters. The first-order chi connectivity index (χ1) is 11.9. The van der Waals surface area contributed by atoms with Crippen molar-refractivity contribution in [2.75, 3.05) is 12.0 Å². The number of nitrogens with two attached hydrogens (primary N) is 1. The first kappa shape index (κ1) is 18.7. The summed E-state index contributed by atoms with van der Waals surface area (Å²) in [5.74, 6) is 0.679. The van der Waals surface area contributed by atoms with Crippen LogP contribution in [0.4, 0.5) is 0 Å². The van der Waals surface area contributed by atoms with Gasteiger partial charge in [-0.05, 0) is 54.5 Å². The molecule has 1 aromatic rings. The number of aliphatic hydroxyl groups is 1. The van der Waals surface area contributed by atoms with E-state index in [1.807, 2.05) is 12.3 Å². The number of hydrogen-bond acceptors (Lipinski definition) is 5. The summed E-state index contributed by atoms with van der Waals surface area (Å²) in [4.78, 5) is 16.1. The van der Waals surface area contributed by atoms with E-state index in [-0.39, 0.29) is 6.42 Å². The third kappa shape index (κ3) is 4.18. The van der Waals surface area contributed by atoms with Gasteiger partial charge < -0.3 is 15.9 Å². The second-order valence-electron chi connectivity index (χ2n) is 7.66. The van der Waals surface area contributed by atoms with Gasteiger partial charge >= 0.3 is 5.97 Å². The van der Waals surface area contributed by atoms with Crippen molar-refractivity contribution in [1.29, 1.82) is 0 Å². The predicted octanol–water partition coefficient (Wildman–Crippen LogP) is 2.04. The molecule has 0 bridgehead atoms. The van der Waals surface area contributed by atoms with Crippen LogP contribution in [0.5, 0.6) is 0 Å². The number of aromatic nitrogens is 1. The van der Waals surface area contributed by atoms with Gasteiger partial charge in [0, 0.05) is 24.1 Å². The van der Waals surface area contributed by atoms with Gasteiger partial charge in [-0.15, -0.1) is 0 Å². The molecule has 138 valence electrons. The van der Waals surface area contributed by atoms with E-state index in [0.29, 0.717) is 17.4 Å². The largest absolute Gasteiger partial charge is 0.479 e. The van der Waals surface area contributed by atoms with Crippen LogP contribution in [-0.2, 0) is 24.1 Å². The van der Waals surface area contributed by atoms with Gasteiger partial charge in [0.2, 0.25) is 0 Å². The number of carbonyl (C=O) groups is 1. The van der Waals surface area contributed by atoms with Crippen LogP contribution in [0.1, 0.15) is 42.5 Å². The van der Waals surface area contributed by atoms with Gasteiger partial charge in [-0.3, -0.25) is 4.98 Å². The Bertz CT molecular complexity index is 635. The molecule has 0 radical (unpaired) electrons. The fourth-order valence-corrected chi connectivity index (χ4v) is 4.50. The van der Waals surface area contributed by atoms with Crippen molar-refractivity contribution in [2.24, 2.45) is 17.6 Å². The second-order valence-corrected chi connectivity index (χ2v) is 8.57. The Labute approximate surface area is 153 Å². The van der Waals surface area contributed by atoms with E-state index in [9.17, 15) is 15.0 Å². The second kappa shape index (κ2) is 7.64. The Morgan fingerprint density at radius 3 is 2.76 bits per heavy atom. The molecule has 6 heteroatoms. The Kier molecular flexibility index (Phi) is 5.71. The summed E-state index contributed by atoms with van der Waals surface area (Å²) in [6.07, 6.45) is 10.8. The minimum absolute atomic E-state index is 0.0252. The molecular formula is C19H28N2O3S. The Hall–Kier alpha value is -1.11. The van der Waals surface area contributed by atoms with Crippen LogP contribution in [0, 0.1) is 11.8 Å². The molecule has 3 atom stereocenters. The van der Waals surface area contributed by atoms with Crippen LogP contribution in [0.3, 0.4) is 0 Å². The molecule has 2 aliphatic rings. The van der Waals surface area contributed by atoms with Crippen LogP contribution in [-0.4, -0.2) is 44.8 Å². The highest BCUT2D eigenvalue weighted by molar-refractivity contribution is 7.98. The van der Waals surface area contributed by atoms with Gasteiger partial charge in [-0.1, -0.05) is 19.3 Å². The molecule has 3 rings (SSSR count). The van der Waals surface area contributed by atoms with E-state index in [0.717, 1.165) is 24.3 Å². The van der Waals surface area contributed by atoms with Crippen molar-refractivity contribution in [2.45, 2.75) is 56.6 Å². The lowest BCUT2D eigenvalue weighted by Gasteiger charge is -2.29. The number of hydrogen-bond donors (Lipinski definition) is 3. The van der Waals surface area contributed by atoms with Crippen molar-refractivity contribution in [3.05, 3.63) is 29.1 Å². The fraction of sp³-hybridized carbons (Fsp3) is 0.684. The Morgan fingerprint density at radius 2 is 2.12 bits per heavy atom. The minimum Gasteiger partial charge on any atom is -0.479 e. The summed E-state index contributed by atoms with van der Waals surface area (Å²) < 4.78 is 0. The average molecular weight is 365 g/mol. The lowest BCUT2D eigenvalue weighted by molar-refractivity contribution is -0.160. The van der Waals surface area contributed by atoms with Crippen LogP contribution in [0.2, 0.25) is 0 Å². The summed E-state index contributed by atoms with van der Waals surface area (Å²) in [6.45, 7) is 0. The van der Waals surface area contributed by atoms with Crippen molar-refractivity contribution in [3.8, 4) is 0 Å². The van der Waals surface area contributed by atoms with Gasteiger partial charge in [0.15, 0.2) is 5.60 Å². The number of aliphatic carboxylic acids is 1. The lowest BCUT2D eigenvalue weighted by Crippen LogP contribution is -2.57. The zero-order valence-corrected chi connectivity index (χ0v) is 15.6. The number of thioether (sulfide) groups is 1. The van der Waals surface area contributed by atoms with Crippen molar-refractivity contribution >= 4 is 17.7 Å². The Morgan fingerprint density at radius 1 is 1.40 bits per heavy atom. The van der Waals surface area contributed by atoms with Crippen molar-refractivity contribution < 1.29 is 15.0 Å². The summed E-state index contributed by atoms with van der Waals surface area (Å²) >= 11 is 1.44. The maximum atomic E-state index is 11.7. The summed E-state index contributed by atoms with van der Waals surface area (Å²) in [5, 5.41) is 20.3. The molecule has 0 aromatic carbocycles. The molecule has 2 aliphatic carbocycles. The van der Waals surface area contributed by atoms with Gasteiger partial charge in [0.1, 0.15) is 0 Å². The van der Waals surface area contributed by atoms with E-state index in [1.165, 1.54) is 43.0 Å². The molecular weight excluding hydrogens is 336 g/mol. The highest BCUT2D eigenvalue weighted by atomic mass is 32.2. The molecule has 0 saturated heterocycles. The molecule has 0 amide bonds. The minimum atomic E-state index is -1.97. The highest BCUT2D eigenvalue weighted by Crippen LogP contribution is 2.38. The van der Waals surface area contributed by atoms with Crippen LogP contribution in [0.25, 0.3) is 0 Å². The summed E-state index contributed by atoms with van der Waals surface area (Å²) in [5.41, 5.74) is 7.12. The fourth-order valence-electron chi connectivity index (χ4n) is 3.87. The third-order valence-corrected chi connectivity index (χ3v) is 6.38. The molecule has 0 aliphatic heterocycles. The molecule has 1 saturated carbocycles. The number of carboxylic acid groups (broad SMARTS) is 1. The number of rotatable bonds is 9. The quantitative estimate of drug-likeness (QED) is 0.620. The Balaban J connectivity index is 1.75. The molecule has 25 heavy (non-hydrogen) atoms. The first-order valence-electron chi connectivity index (χ1n) is 9.10. The third-order valence-electron chi connectivity index (χ3n) is 5.69. The first-order valence-corrected chi connectivity index (χ1v) is 10.5. The topological polar surface area (TPSA) is 96.4 Å². The zero-order valence-electron chi connectivity index (χ0n) is 14.8. The normalized spacial score (nSPS) is 23.1. The van der Waals surface area contributed by atoms with Gasteiger partial charge in [-0.25, -0.2) is 4.79 Å². The lowest BCUT2D eigenvalue weighted by atomic mass is 9.88. The number of pyridine rings is 1. The van der Waals surface area contributed by atoms with Crippen LogP contribution >= 0.6 is 11.8 Å². The summed E-state index contributed by atoms with van der Waals surface area (Å²) in [6, 6.07) is 1.21. The monoisotopic (exact) mass is 364 g/mol. The average Bonchev–Trinajstić information content (AvgIpc) is 3.31. The molecule has 1 heterocycles. The number of fused-ring (bicyclic) bond motifs is 1. The highest BCUT2D eigenvalue weighted by Gasteiger charge is 2.43. The standard InChI is InChI=1S/C19H28N2O3S/c1-25-11-17(20)19(24,18(22)23)10-16-15-9-13(5-4-12-2-3-12)8-14(15)6-7-21-16/h6-7,12-13,17,24H,2-5,8-11,20H2,1H3,(H,22,23)/t13-,17?,19?/m0/s1. The maximum absolute atomic E-state index is 11.7. The molecule has 5 nitrogen and oxygen atoms in total. The molecule has 1 aromatic heterocycles. The van der Waals surface area contributed by atoms with Crippen molar-refractivity contribution in [1.82, 2.24) is 4.98 Å². The van der Waals surface area contributed by atoms with E-state index < -0.39 is 17.6 Å². The molecule has 4 N–H and O–H groups in total. The summed E-state index contributed by atoms with van der Waals surface area (Å²) in [7, 11) is 0. The van der Waals surface area contributed by atoms with E-state index in [2.05, 4.69) is 4.98 Å². The smallest absolute Gasteiger partial charge is 0.337 e.